The fourth-order valence-corrected chi connectivity index (χ4v) is 2.28. The molecule has 0 aliphatic carbocycles. The smallest absolute Gasteiger partial charge is 0.376 e. The summed E-state index contributed by atoms with van der Waals surface area (Å²) in [5, 5.41) is 0.930. The zero-order valence-electron chi connectivity index (χ0n) is 10.5. The van der Waals surface area contributed by atoms with E-state index in [4.69, 9.17) is 9.15 Å². The highest BCUT2D eigenvalue weighted by Gasteiger charge is 2.21. The van der Waals surface area contributed by atoms with Gasteiger partial charge in [-0.25, -0.2) is 14.8 Å². The summed E-state index contributed by atoms with van der Waals surface area (Å²) in [5.41, 5.74) is 0.644. The van der Waals surface area contributed by atoms with Crippen molar-refractivity contribution < 1.29 is 13.9 Å². The van der Waals surface area contributed by atoms with Crippen molar-refractivity contribution in [2.45, 2.75) is 26.7 Å². The summed E-state index contributed by atoms with van der Waals surface area (Å²) in [4.78, 5) is 20.9. The number of aromatic nitrogens is 2. The summed E-state index contributed by atoms with van der Waals surface area (Å²) >= 11 is 1.48. The van der Waals surface area contributed by atoms with Crippen LogP contribution in [0.3, 0.4) is 0 Å². The molecule has 0 amide bonds. The summed E-state index contributed by atoms with van der Waals surface area (Å²) in [6, 6.07) is 0. The lowest BCUT2D eigenvalue weighted by Gasteiger charge is -1.95. The number of carbonyl (C=O) groups excluding carboxylic acids is 1. The van der Waals surface area contributed by atoms with E-state index in [9.17, 15) is 4.79 Å². The lowest BCUT2D eigenvalue weighted by Crippen LogP contribution is -2.03. The van der Waals surface area contributed by atoms with Crippen LogP contribution in [0.2, 0.25) is 0 Å². The van der Waals surface area contributed by atoms with Crippen LogP contribution in [-0.2, 0) is 11.2 Å². The van der Waals surface area contributed by atoms with E-state index in [-0.39, 0.29) is 5.76 Å². The highest BCUT2D eigenvalue weighted by molar-refractivity contribution is 7.14. The van der Waals surface area contributed by atoms with Crippen molar-refractivity contribution in [1.29, 1.82) is 0 Å². The highest BCUT2D eigenvalue weighted by atomic mass is 32.1. The van der Waals surface area contributed by atoms with Crippen LogP contribution < -0.4 is 0 Å². The van der Waals surface area contributed by atoms with Crippen LogP contribution in [0, 0.1) is 6.92 Å². The molecule has 0 atom stereocenters. The number of methoxy groups -OCH3 is 1. The Morgan fingerprint density at radius 1 is 1.56 bits per heavy atom. The third-order valence-corrected chi connectivity index (χ3v) is 3.29. The lowest BCUT2D eigenvalue weighted by atomic mass is 10.2. The standard InChI is InChI=1S/C12H14N2O3S/c1-4-5-8-10(12(15)16-3)17-11(14-8)9-6-13-7(2)18-9/h6H,4-5H2,1-3H3. The van der Waals surface area contributed by atoms with Gasteiger partial charge in [-0.1, -0.05) is 13.3 Å². The molecule has 2 heterocycles. The summed E-state index contributed by atoms with van der Waals surface area (Å²) < 4.78 is 10.2. The molecule has 2 aromatic rings. The number of ether oxygens (including phenoxy) is 1. The van der Waals surface area contributed by atoms with Crippen molar-refractivity contribution in [3.8, 4) is 10.8 Å². The van der Waals surface area contributed by atoms with Gasteiger partial charge < -0.3 is 9.15 Å². The zero-order chi connectivity index (χ0) is 13.1. The van der Waals surface area contributed by atoms with Crippen molar-refractivity contribution >= 4 is 17.3 Å². The van der Waals surface area contributed by atoms with Gasteiger partial charge in [0.15, 0.2) is 0 Å². The van der Waals surface area contributed by atoms with Gasteiger partial charge in [0.05, 0.1) is 24.0 Å². The first-order valence-corrected chi connectivity index (χ1v) is 6.48. The van der Waals surface area contributed by atoms with Crippen LogP contribution in [0.5, 0.6) is 0 Å². The maximum atomic E-state index is 11.6. The fourth-order valence-electron chi connectivity index (χ4n) is 1.58. The summed E-state index contributed by atoms with van der Waals surface area (Å²) in [5.74, 6) is 0.142. The lowest BCUT2D eigenvalue weighted by molar-refractivity contribution is 0.0564. The van der Waals surface area contributed by atoms with Gasteiger partial charge >= 0.3 is 5.97 Å². The SMILES string of the molecule is CCCc1nc(-c2cnc(C)s2)oc1C(=O)OC. The van der Waals surface area contributed by atoms with Gasteiger partial charge in [-0.2, -0.15) is 0 Å². The maximum Gasteiger partial charge on any atom is 0.376 e. The number of thiazole rings is 1. The Balaban J connectivity index is 2.41. The Labute approximate surface area is 109 Å². The Morgan fingerprint density at radius 2 is 2.33 bits per heavy atom. The predicted molar refractivity (Wildman–Crippen MR) is 67.7 cm³/mol. The molecular formula is C12H14N2O3S. The molecule has 0 bridgehead atoms. The second kappa shape index (κ2) is 5.30. The van der Waals surface area contributed by atoms with E-state index in [1.807, 2.05) is 13.8 Å². The first-order valence-electron chi connectivity index (χ1n) is 5.66. The van der Waals surface area contributed by atoms with Gasteiger partial charge in [-0.05, 0) is 13.3 Å². The van der Waals surface area contributed by atoms with E-state index >= 15 is 0 Å². The van der Waals surface area contributed by atoms with Crippen LogP contribution in [0.25, 0.3) is 10.8 Å². The predicted octanol–water partition coefficient (Wildman–Crippen LogP) is 2.85. The van der Waals surface area contributed by atoms with Crippen molar-refractivity contribution in [2.24, 2.45) is 0 Å². The van der Waals surface area contributed by atoms with Crippen LogP contribution in [0.1, 0.15) is 34.6 Å². The van der Waals surface area contributed by atoms with Crippen molar-refractivity contribution in [3.63, 3.8) is 0 Å². The number of aryl methyl sites for hydroxylation is 2. The molecule has 0 saturated heterocycles. The summed E-state index contributed by atoms with van der Waals surface area (Å²) in [6.45, 7) is 3.93. The number of hydrogen-bond acceptors (Lipinski definition) is 6. The molecule has 18 heavy (non-hydrogen) atoms. The van der Waals surface area contributed by atoms with Crippen LogP contribution in [0.15, 0.2) is 10.6 Å². The first-order chi connectivity index (χ1) is 8.65. The molecule has 0 unspecified atom stereocenters. The van der Waals surface area contributed by atoms with Crippen molar-refractivity contribution in [2.75, 3.05) is 7.11 Å². The molecule has 2 aromatic heterocycles. The third-order valence-electron chi connectivity index (χ3n) is 2.39. The number of carbonyl (C=O) groups is 1. The number of esters is 1. The molecule has 0 aliphatic rings. The van der Waals surface area contributed by atoms with Gasteiger partial charge in [-0.15, -0.1) is 11.3 Å². The fraction of sp³-hybridized carbons (Fsp3) is 0.417. The third kappa shape index (κ3) is 2.43. The van der Waals surface area contributed by atoms with E-state index in [0.717, 1.165) is 16.3 Å². The largest absolute Gasteiger partial charge is 0.463 e. The number of nitrogens with zero attached hydrogens (tertiary/aromatic N) is 2. The minimum atomic E-state index is -0.488. The van der Waals surface area contributed by atoms with Crippen molar-refractivity contribution in [1.82, 2.24) is 9.97 Å². The second-order valence-corrected chi connectivity index (χ2v) is 5.01. The average Bonchev–Trinajstić information content (AvgIpc) is 2.95. The molecule has 0 saturated carbocycles. The molecule has 0 spiro atoms. The Kier molecular flexibility index (Phi) is 3.76. The molecule has 0 aliphatic heterocycles. The Hall–Kier alpha value is -1.69. The van der Waals surface area contributed by atoms with Crippen LogP contribution in [0.4, 0.5) is 0 Å². The van der Waals surface area contributed by atoms with E-state index in [1.165, 1.54) is 18.4 Å². The normalized spacial score (nSPS) is 10.6. The van der Waals surface area contributed by atoms with Gasteiger partial charge in [0.2, 0.25) is 11.7 Å². The van der Waals surface area contributed by atoms with Gasteiger partial charge in [0.1, 0.15) is 4.88 Å². The molecule has 96 valence electrons. The molecule has 0 N–H and O–H groups in total. The molecule has 2 rings (SSSR count). The quantitative estimate of drug-likeness (QED) is 0.796. The molecule has 6 heteroatoms. The molecule has 0 fully saturated rings. The number of rotatable bonds is 4. The average molecular weight is 266 g/mol. The summed E-state index contributed by atoms with van der Waals surface area (Å²) in [7, 11) is 1.33. The Morgan fingerprint density at radius 3 is 2.89 bits per heavy atom. The van der Waals surface area contributed by atoms with Gasteiger partial charge in [0.25, 0.3) is 0 Å². The minimum absolute atomic E-state index is 0.195. The first kappa shape index (κ1) is 12.8. The van der Waals surface area contributed by atoms with Crippen molar-refractivity contribution in [3.05, 3.63) is 22.7 Å². The molecular weight excluding hydrogens is 252 g/mol. The van der Waals surface area contributed by atoms with Gasteiger partial charge in [0, 0.05) is 0 Å². The highest BCUT2D eigenvalue weighted by Crippen LogP contribution is 2.27. The van der Waals surface area contributed by atoms with Crippen LogP contribution in [-0.4, -0.2) is 23.0 Å². The summed E-state index contributed by atoms with van der Waals surface area (Å²) in [6.07, 6.45) is 3.27. The zero-order valence-corrected chi connectivity index (χ0v) is 11.3. The minimum Gasteiger partial charge on any atom is -0.463 e. The van der Waals surface area contributed by atoms with Crippen LogP contribution >= 0.6 is 11.3 Å². The maximum absolute atomic E-state index is 11.6. The van der Waals surface area contributed by atoms with E-state index in [1.54, 1.807) is 6.20 Å². The monoisotopic (exact) mass is 266 g/mol. The molecule has 5 nitrogen and oxygen atoms in total. The number of oxazole rings is 1. The van der Waals surface area contributed by atoms with Gasteiger partial charge in [-0.3, -0.25) is 0 Å². The van der Waals surface area contributed by atoms with E-state index < -0.39 is 5.97 Å². The molecule has 0 aromatic carbocycles. The van der Waals surface area contributed by atoms with E-state index in [0.29, 0.717) is 18.0 Å². The van der Waals surface area contributed by atoms with E-state index in [2.05, 4.69) is 9.97 Å². The number of hydrogen-bond donors (Lipinski definition) is 0. The second-order valence-electron chi connectivity index (χ2n) is 3.78. The Bertz CT molecular complexity index is 559. The molecule has 0 radical (unpaired) electrons. The topological polar surface area (TPSA) is 65.2 Å².